The van der Waals surface area contributed by atoms with Crippen LogP contribution in [0.2, 0.25) is 0 Å². The Morgan fingerprint density at radius 3 is 2.60 bits per heavy atom. The van der Waals surface area contributed by atoms with E-state index in [9.17, 15) is 4.79 Å². The molecule has 1 aromatic carbocycles. The average Bonchev–Trinajstić information content (AvgIpc) is 2.45. The number of ether oxygens (including phenoxy) is 2. The third-order valence-corrected chi connectivity index (χ3v) is 3.30. The second-order valence-corrected chi connectivity index (χ2v) is 4.56. The largest absolute Gasteiger partial charge is 0.493 e. The van der Waals surface area contributed by atoms with Gasteiger partial charge in [0.2, 0.25) is 0 Å². The molecule has 1 N–H and O–H groups in total. The van der Waals surface area contributed by atoms with Crippen LogP contribution in [0, 0.1) is 13.8 Å². The highest BCUT2D eigenvalue weighted by Gasteiger charge is 2.13. The highest BCUT2D eigenvalue weighted by molar-refractivity contribution is 5.84. The molecule has 0 bridgehead atoms. The molecule has 0 unspecified atom stereocenters. The minimum Gasteiger partial charge on any atom is -0.493 e. The minimum absolute atomic E-state index is 0.0723. The van der Waals surface area contributed by atoms with Gasteiger partial charge in [0, 0.05) is 30.0 Å². The van der Waals surface area contributed by atoms with E-state index in [4.69, 9.17) is 19.0 Å². The maximum atomic E-state index is 11.7. The first kappa shape index (κ1) is 14.4. The van der Waals surface area contributed by atoms with Crippen LogP contribution < -0.4 is 15.1 Å². The molecule has 108 valence electrons. The summed E-state index contributed by atoms with van der Waals surface area (Å²) in [6.45, 7) is 4.08. The lowest BCUT2D eigenvalue weighted by molar-refractivity contribution is 0.228. The predicted octanol–water partition coefficient (Wildman–Crippen LogP) is 2.18. The number of aryl methyl sites for hydroxylation is 1. The van der Waals surface area contributed by atoms with Gasteiger partial charge in [0.15, 0.2) is 11.5 Å². The van der Waals surface area contributed by atoms with Gasteiger partial charge in [-0.25, -0.2) is 4.79 Å². The van der Waals surface area contributed by atoms with Crippen molar-refractivity contribution >= 4 is 11.0 Å². The normalized spacial score (nSPS) is 10.8. The van der Waals surface area contributed by atoms with Crippen molar-refractivity contribution in [3.05, 3.63) is 33.7 Å². The van der Waals surface area contributed by atoms with E-state index in [2.05, 4.69) is 0 Å². The molecular formula is C15H18O5. The second kappa shape index (κ2) is 5.96. The Morgan fingerprint density at radius 2 is 1.95 bits per heavy atom. The van der Waals surface area contributed by atoms with Crippen LogP contribution in [0.4, 0.5) is 0 Å². The van der Waals surface area contributed by atoms with Gasteiger partial charge in [-0.05, 0) is 25.5 Å². The zero-order valence-electron chi connectivity index (χ0n) is 11.9. The Labute approximate surface area is 116 Å². The molecule has 1 aromatic heterocycles. The van der Waals surface area contributed by atoms with E-state index in [0.717, 1.165) is 10.9 Å². The van der Waals surface area contributed by atoms with Crippen LogP contribution in [-0.2, 0) is 0 Å². The van der Waals surface area contributed by atoms with Crippen LogP contribution in [0.25, 0.3) is 11.0 Å². The SMILES string of the molecule is COc1cc2oc(=O)c(C)c(C)c2cc1OCCCO. The lowest BCUT2D eigenvalue weighted by Gasteiger charge is -2.12. The van der Waals surface area contributed by atoms with Gasteiger partial charge in [0.1, 0.15) is 5.58 Å². The van der Waals surface area contributed by atoms with Gasteiger partial charge in [-0.2, -0.15) is 0 Å². The van der Waals surface area contributed by atoms with Gasteiger partial charge in [0.05, 0.1) is 13.7 Å². The van der Waals surface area contributed by atoms with E-state index in [0.29, 0.717) is 35.7 Å². The molecule has 0 spiro atoms. The fourth-order valence-electron chi connectivity index (χ4n) is 1.97. The number of aliphatic hydroxyl groups excluding tert-OH is 1. The molecule has 20 heavy (non-hydrogen) atoms. The summed E-state index contributed by atoms with van der Waals surface area (Å²) in [5, 5.41) is 9.61. The molecular weight excluding hydrogens is 260 g/mol. The highest BCUT2D eigenvalue weighted by atomic mass is 16.5. The topological polar surface area (TPSA) is 68.9 Å². The summed E-state index contributed by atoms with van der Waals surface area (Å²) in [5.74, 6) is 1.08. The second-order valence-electron chi connectivity index (χ2n) is 4.56. The zero-order chi connectivity index (χ0) is 14.7. The van der Waals surface area contributed by atoms with Crippen molar-refractivity contribution < 1.29 is 19.0 Å². The predicted molar refractivity (Wildman–Crippen MR) is 75.7 cm³/mol. The molecule has 0 atom stereocenters. The lowest BCUT2D eigenvalue weighted by Crippen LogP contribution is -2.06. The lowest BCUT2D eigenvalue weighted by atomic mass is 10.1. The summed E-state index contributed by atoms with van der Waals surface area (Å²) in [7, 11) is 1.53. The van der Waals surface area contributed by atoms with Gasteiger partial charge in [-0.3, -0.25) is 0 Å². The van der Waals surface area contributed by atoms with Gasteiger partial charge in [0.25, 0.3) is 0 Å². The first-order valence-corrected chi connectivity index (χ1v) is 6.44. The van der Waals surface area contributed by atoms with Crippen molar-refractivity contribution in [2.24, 2.45) is 0 Å². The summed E-state index contributed by atoms with van der Waals surface area (Å²) in [4.78, 5) is 11.7. The number of rotatable bonds is 5. The Hall–Kier alpha value is -2.01. The average molecular weight is 278 g/mol. The van der Waals surface area contributed by atoms with Crippen LogP contribution >= 0.6 is 0 Å². The highest BCUT2D eigenvalue weighted by Crippen LogP contribution is 2.33. The van der Waals surface area contributed by atoms with E-state index in [-0.39, 0.29) is 12.2 Å². The zero-order valence-corrected chi connectivity index (χ0v) is 11.9. The Kier molecular flexibility index (Phi) is 4.29. The van der Waals surface area contributed by atoms with Crippen molar-refractivity contribution in [3.8, 4) is 11.5 Å². The Bertz CT molecular complexity index is 672. The van der Waals surface area contributed by atoms with E-state index in [1.807, 2.05) is 6.92 Å². The fraction of sp³-hybridized carbons (Fsp3) is 0.400. The molecule has 0 fully saturated rings. The van der Waals surface area contributed by atoms with E-state index < -0.39 is 0 Å². The summed E-state index contributed by atoms with van der Waals surface area (Å²) in [6, 6.07) is 3.45. The molecule has 5 heteroatoms. The quantitative estimate of drug-likeness (QED) is 0.670. The van der Waals surface area contributed by atoms with Crippen molar-refractivity contribution in [1.29, 1.82) is 0 Å². The molecule has 2 rings (SSSR count). The monoisotopic (exact) mass is 278 g/mol. The van der Waals surface area contributed by atoms with Gasteiger partial charge < -0.3 is 19.0 Å². The van der Waals surface area contributed by atoms with E-state index >= 15 is 0 Å². The number of benzene rings is 1. The Morgan fingerprint density at radius 1 is 1.20 bits per heavy atom. The third-order valence-electron chi connectivity index (χ3n) is 3.30. The molecule has 0 saturated heterocycles. The minimum atomic E-state index is -0.342. The molecule has 2 aromatic rings. The number of hydrogen-bond acceptors (Lipinski definition) is 5. The van der Waals surface area contributed by atoms with Crippen LogP contribution in [0.3, 0.4) is 0 Å². The van der Waals surface area contributed by atoms with Crippen molar-refractivity contribution in [1.82, 2.24) is 0 Å². The van der Waals surface area contributed by atoms with Crippen molar-refractivity contribution in [3.63, 3.8) is 0 Å². The van der Waals surface area contributed by atoms with Crippen molar-refractivity contribution in [2.75, 3.05) is 20.3 Å². The molecule has 0 aliphatic heterocycles. The fourth-order valence-corrected chi connectivity index (χ4v) is 1.97. The first-order valence-electron chi connectivity index (χ1n) is 6.44. The first-order chi connectivity index (χ1) is 9.58. The standard InChI is InChI=1S/C15H18O5/c1-9-10(2)15(17)20-12-8-13(18-3)14(7-11(9)12)19-6-4-5-16/h7-8,16H,4-6H2,1-3H3. The number of hydrogen-bond donors (Lipinski definition) is 1. The van der Waals surface area contributed by atoms with Crippen LogP contribution in [0.15, 0.2) is 21.3 Å². The third kappa shape index (κ3) is 2.63. The smallest absolute Gasteiger partial charge is 0.339 e. The number of methoxy groups -OCH3 is 1. The summed E-state index contributed by atoms with van der Waals surface area (Å²) in [6.07, 6.45) is 0.545. The van der Waals surface area contributed by atoms with Crippen molar-refractivity contribution in [2.45, 2.75) is 20.3 Å². The number of fused-ring (bicyclic) bond motifs is 1. The molecule has 0 aliphatic carbocycles. The molecule has 0 amide bonds. The molecule has 1 heterocycles. The summed E-state index contributed by atoms with van der Waals surface area (Å²) < 4.78 is 16.1. The summed E-state index contributed by atoms with van der Waals surface area (Å²) in [5.41, 5.74) is 1.59. The molecule has 5 nitrogen and oxygen atoms in total. The molecule has 0 aliphatic rings. The van der Waals surface area contributed by atoms with Gasteiger partial charge in [-0.1, -0.05) is 0 Å². The van der Waals surface area contributed by atoms with Crippen LogP contribution in [0.1, 0.15) is 17.5 Å². The van der Waals surface area contributed by atoms with Gasteiger partial charge in [-0.15, -0.1) is 0 Å². The maximum Gasteiger partial charge on any atom is 0.339 e. The maximum absolute atomic E-state index is 11.7. The Balaban J connectivity index is 2.55. The van der Waals surface area contributed by atoms with E-state index in [1.54, 1.807) is 19.1 Å². The number of aliphatic hydroxyl groups is 1. The van der Waals surface area contributed by atoms with Crippen LogP contribution in [-0.4, -0.2) is 25.4 Å². The van der Waals surface area contributed by atoms with Gasteiger partial charge >= 0.3 is 5.63 Å². The molecule has 0 saturated carbocycles. The molecule has 0 radical (unpaired) electrons. The van der Waals surface area contributed by atoms with Crippen LogP contribution in [0.5, 0.6) is 11.5 Å². The van der Waals surface area contributed by atoms with E-state index in [1.165, 1.54) is 7.11 Å². The summed E-state index contributed by atoms with van der Waals surface area (Å²) >= 11 is 0.